The predicted octanol–water partition coefficient (Wildman–Crippen LogP) is 2.58. The Balaban J connectivity index is 2.16. The zero-order chi connectivity index (χ0) is 12.5. The minimum absolute atomic E-state index is 0.0772. The number of benzene rings is 1. The van der Waals surface area contributed by atoms with Crippen LogP contribution in [0.5, 0.6) is 0 Å². The van der Waals surface area contributed by atoms with Crippen LogP contribution in [0.2, 0.25) is 0 Å². The first-order chi connectivity index (χ1) is 7.98. The first-order valence-corrected chi connectivity index (χ1v) is 8.00. The molecule has 0 saturated carbocycles. The fraction of sp³-hybridized carbons (Fsp3) is 0.455. The van der Waals surface area contributed by atoms with Crippen LogP contribution in [0.3, 0.4) is 0 Å². The predicted molar refractivity (Wildman–Crippen MR) is 69.4 cm³/mol. The Kier molecular flexibility index (Phi) is 3.73. The van der Waals surface area contributed by atoms with Gasteiger partial charge in [-0.25, -0.2) is 12.8 Å². The van der Waals surface area contributed by atoms with Gasteiger partial charge in [-0.2, -0.15) is 0 Å². The largest absolute Gasteiger partial charge is 0.378 e. The molecule has 1 aromatic rings. The van der Waals surface area contributed by atoms with Gasteiger partial charge in [0.1, 0.15) is 5.82 Å². The average Bonchev–Trinajstić information content (AvgIpc) is 2.22. The zero-order valence-electron chi connectivity index (χ0n) is 9.12. The molecule has 3 nitrogen and oxygen atoms in total. The third kappa shape index (κ3) is 3.19. The molecule has 1 heterocycles. The number of halogens is 2. The van der Waals surface area contributed by atoms with Gasteiger partial charge in [0.05, 0.1) is 17.2 Å². The Morgan fingerprint density at radius 3 is 2.82 bits per heavy atom. The molecule has 1 N–H and O–H groups in total. The molecular formula is C11H13BrFNO2S. The molecule has 0 bridgehead atoms. The van der Waals surface area contributed by atoms with Crippen LogP contribution in [0.25, 0.3) is 0 Å². The number of rotatable bonds is 2. The van der Waals surface area contributed by atoms with Crippen molar-refractivity contribution < 1.29 is 12.8 Å². The summed E-state index contributed by atoms with van der Waals surface area (Å²) in [5.74, 6) is -0.0560. The van der Waals surface area contributed by atoms with Gasteiger partial charge < -0.3 is 5.32 Å². The van der Waals surface area contributed by atoms with Crippen LogP contribution in [-0.2, 0) is 9.84 Å². The highest BCUT2D eigenvalue weighted by atomic mass is 79.9. The van der Waals surface area contributed by atoms with E-state index in [0.717, 1.165) is 6.42 Å². The summed E-state index contributed by atoms with van der Waals surface area (Å²) in [6.07, 6.45) is 1.38. The number of anilines is 1. The maximum absolute atomic E-state index is 13.6. The maximum Gasteiger partial charge on any atom is 0.152 e. The summed E-state index contributed by atoms with van der Waals surface area (Å²) in [6, 6.07) is 4.47. The summed E-state index contributed by atoms with van der Waals surface area (Å²) in [5, 5.41) is 2.97. The van der Waals surface area contributed by atoms with E-state index >= 15 is 0 Å². The van der Waals surface area contributed by atoms with Gasteiger partial charge in [0.15, 0.2) is 9.84 Å². The molecule has 1 fully saturated rings. The molecule has 2 rings (SSSR count). The molecular weight excluding hydrogens is 309 g/mol. The van der Waals surface area contributed by atoms with Crippen molar-refractivity contribution in [2.45, 2.75) is 18.9 Å². The first-order valence-electron chi connectivity index (χ1n) is 5.39. The molecule has 0 aliphatic carbocycles. The lowest BCUT2D eigenvalue weighted by Crippen LogP contribution is -2.35. The summed E-state index contributed by atoms with van der Waals surface area (Å²) in [5.41, 5.74) is 0.342. The van der Waals surface area contributed by atoms with Crippen molar-refractivity contribution in [2.75, 3.05) is 16.8 Å². The standard InChI is InChI=1S/C11H13BrFNO2S/c12-9-4-1-5-10(13)11(9)14-8-3-2-6-17(15,16)7-8/h1,4-5,8,14H,2-3,6-7H2. The summed E-state index contributed by atoms with van der Waals surface area (Å²) < 4.78 is 37.1. The second-order valence-corrected chi connectivity index (χ2v) is 7.28. The SMILES string of the molecule is O=S1(=O)CCCC(Nc2c(F)cccc2Br)C1. The van der Waals surface area contributed by atoms with Crippen LogP contribution in [0.1, 0.15) is 12.8 Å². The van der Waals surface area contributed by atoms with E-state index in [0.29, 0.717) is 16.6 Å². The van der Waals surface area contributed by atoms with Gasteiger partial charge >= 0.3 is 0 Å². The molecule has 1 aliphatic rings. The van der Waals surface area contributed by atoms with Gasteiger partial charge in [-0.3, -0.25) is 0 Å². The van der Waals surface area contributed by atoms with E-state index in [2.05, 4.69) is 21.2 Å². The lowest BCUT2D eigenvalue weighted by Gasteiger charge is -2.24. The van der Waals surface area contributed by atoms with Crippen molar-refractivity contribution in [3.8, 4) is 0 Å². The van der Waals surface area contributed by atoms with Crippen molar-refractivity contribution in [2.24, 2.45) is 0 Å². The van der Waals surface area contributed by atoms with Gasteiger partial charge in [-0.15, -0.1) is 0 Å². The molecule has 0 spiro atoms. The molecule has 6 heteroatoms. The molecule has 1 saturated heterocycles. The Morgan fingerprint density at radius 1 is 1.41 bits per heavy atom. The Bertz CT molecular complexity index is 498. The topological polar surface area (TPSA) is 46.2 Å². The minimum atomic E-state index is -2.98. The number of hydrogen-bond donors (Lipinski definition) is 1. The number of nitrogens with one attached hydrogen (secondary N) is 1. The normalized spacial score (nSPS) is 23.3. The Hall–Kier alpha value is -0.620. The van der Waals surface area contributed by atoms with E-state index < -0.39 is 9.84 Å². The lowest BCUT2D eigenvalue weighted by molar-refractivity contribution is 0.559. The van der Waals surface area contributed by atoms with E-state index in [4.69, 9.17) is 0 Å². The van der Waals surface area contributed by atoms with E-state index in [-0.39, 0.29) is 23.4 Å². The lowest BCUT2D eigenvalue weighted by atomic mass is 10.1. The number of para-hydroxylation sites is 1. The first kappa shape index (κ1) is 12.8. The molecule has 1 aromatic carbocycles. The second kappa shape index (κ2) is 4.94. The smallest absolute Gasteiger partial charge is 0.152 e. The molecule has 0 radical (unpaired) electrons. The molecule has 94 valence electrons. The van der Waals surface area contributed by atoms with Crippen LogP contribution >= 0.6 is 15.9 Å². The Morgan fingerprint density at radius 2 is 2.18 bits per heavy atom. The van der Waals surface area contributed by atoms with Gasteiger partial charge in [0, 0.05) is 10.5 Å². The van der Waals surface area contributed by atoms with E-state index in [1.165, 1.54) is 6.07 Å². The van der Waals surface area contributed by atoms with Crippen molar-refractivity contribution in [1.82, 2.24) is 0 Å². The van der Waals surface area contributed by atoms with Crippen molar-refractivity contribution >= 4 is 31.5 Å². The molecule has 1 aliphatic heterocycles. The van der Waals surface area contributed by atoms with Crippen molar-refractivity contribution in [3.63, 3.8) is 0 Å². The highest BCUT2D eigenvalue weighted by molar-refractivity contribution is 9.10. The number of hydrogen-bond acceptors (Lipinski definition) is 3. The highest BCUT2D eigenvalue weighted by Gasteiger charge is 2.25. The van der Waals surface area contributed by atoms with Crippen molar-refractivity contribution in [3.05, 3.63) is 28.5 Å². The van der Waals surface area contributed by atoms with Crippen LogP contribution in [0, 0.1) is 5.82 Å². The summed E-state index contributed by atoms with van der Waals surface area (Å²) >= 11 is 3.25. The quantitative estimate of drug-likeness (QED) is 0.910. The van der Waals surface area contributed by atoms with Crippen LogP contribution < -0.4 is 5.32 Å². The minimum Gasteiger partial charge on any atom is -0.378 e. The maximum atomic E-state index is 13.6. The van der Waals surface area contributed by atoms with E-state index in [1.807, 2.05) is 0 Å². The van der Waals surface area contributed by atoms with Gasteiger partial charge in [-0.05, 0) is 40.9 Å². The zero-order valence-corrected chi connectivity index (χ0v) is 11.5. The molecule has 0 aromatic heterocycles. The van der Waals surface area contributed by atoms with E-state index in [9.17, 15) is 12.8 Å². The molecule has 1 unspecified atom stereocenters. The van der Waals surface area contributed by atoms with Gasteiger partial charge in [0.2, 0.25) is 0 Å². The third-order valence-electron chi connectivity index (χ3n) is 2.77. The fourth-order valence-corrected chi connectivity index (χ4v) is 4.07. The fourth-order valence-electron chi connectivity index (χ4n) is 1.98. The van der Waals surface area contributed by atoms with Crippen LogP contribution in [0.15, 0.2) is 22.7 Å². The summed E-state index contributed by atoms with van der Waals surface area (Å²) in [7, 11) is -2.98. The summed E-state index contributed by atoms with van der Waals surface area (Å²) in [4.78, 5) is 0. The monoisotopic (exact) mass is 321 g/mol. The highest BCUT2D eigenvalue weighted by Crippen LogP contribution is 2.27. The van der Waals surface area contributed by atoms with Gasteiger partial charge in [0.25, 0.3) is 0 Å². The number of sulfone groups is 1. The molecule has 0 amide bonds. The van der Waals surface area contributed by atoms with Crippen LogP contribution in [0.4, 0.5) is 10.1 Å². The second-order valence-electron chi connectivity index (χ2n) is 4.19. The Labute approximate surface area is 108 Å². The molecule has 17 heavy (non-hydrogen) atoms. The third-order valence-corrected chi connectivity index (χ3v) is 5.26. The summed E-state index contributed by atoms with van der Waals surface area (Å²) in [6.45, 7) is 0. The van der Waals surface area contributed by atoms with Crippen LogP contribution in [-0.4, -0.2) is 26.0 Å². The average molecular weight is 322 g/mol. The van der Waals surface area contributed by atoms with Crippen molar-refractivity contribution in [1.29, 1.82) is 0 Å². The van der Waals surface area contributed by atoms with Gasteiger partial charge in [-0.1, -0.05) is 6.07 Å². The van der Waals surface area contributed by atoms with E-state index in [1.54, 1.807) is 12.1 Å². The molecule has 1 atom stereocenters.